The Bertz CT molecular complexity index is 173. The van der Waals surface area contributed by atoms with E-state index in [0.29, 0.717) is 13.2 Å². The molecule has 2 aliphatic rings. The third-order valence-electron chi connectivity index (χ3n) is 2.53. The third-order valence-corrected chi connectivity index (χ3v) is 2.53. The summed E-state index contributed by atoms with van der Waals surface area (Å²) in [6, 6.07) is 0.519. The highest BCUT2D eigenvalue weighted by Gasteiger charge is 2.35. The van der Waals surface area contributed by atoms with Gasteiger partial charge in [0.15, 0.2) is 0 Å². The van der Waals surface area contributed by atoms with Crippen LogP contribution in [0.25, 0.3) is 0 Å². The molecule has 0 saturated carbocycles. The fourth-order valence-electron chi connectivity index (χ4n) is 2.04. The fraction of sp³-hybridized carbons (Fsp3) is 0.875. The quantitative estimate of drug-likeness (QED) is 0.518. The van der Waals surface area contributed by atoms with E-state index in [1.165, 1.54) is 0 Å². The molecular formula is C8H14N2O2. The summed E-state index contributed by atoms with van der Waals surface area (Å²) in [5.41, 5.74) is 0. The molecule has 0 aromatic carbocycles. The number of carbonyl (C=O) groups is 1. The summed E-state index contributed by atoms with van der Waals surface area (Å²) in [6.07, 6.45) is 0. The van der Waals surface area contributed by atoms with Gasteiger partial charge in [0, 0.05) is 20.0 Å². The second-order valence-corrected chi connectivity index (χ2v) is 3.43. The van der Waals surface area contributed by atoms with Gasteiger partial charge in [-0.25, -0.2) is 0 Å². The van der Waals surface area contributed by atoms with E-state index in [1.54, 1.807) is 6.92 Å². The van der Waals surface area contributed by atoms with Gasteiger partial charge < -0.3 is 15.0 Å². The van der Waals surface area contributed by atoms with Crippen LogP contribution in [0.2, 0.25) is 0 Å². The molecule has 68 valence electrons. The van der Waals surface area contributed by atoms with E-state index in [4.69, 9.17) is 4.74 Å². The number of piperazine rings is 1. The van der Waals surface area contributed by atoms with Crippen LogP contribution in [-0.2, 0) is 9.53 Å². The van der Waals surface area contributed by atoms with E-state index in [-0.39, 0.29) is 18.0 Å². The topological polar surface area (TPSA) is 41.6 Å². The molecule has 2 unspecified atom stereocenters. The summed E-state index contributed by atoms with van der Waals surface area (Å²) in [7, 11) is 0. The molecule has 0 aromatic rings. The van der Waals surface area contributed by atoms with Crippen molar-refractivity contribution in [3.05, 3.63) is 0 Å². The molecule has 1 N–H and O–H groups in total. The normalized spacial score (nSPS) is 34.9. The predicted molar refractivity (Wildman–Crippen MR) is 43.8 cm³/mol. The van der Waals surface area contributed by atoms with Crippen LogP contribution in [0, 0.1) is 0 Å². The van der Waals surface area contributed by atoms with Gasteiger partial charge in [0.05, 0.1) is 25.3 Å². The molecule has 2 atom stereocenters. The fourth-order valence-corrected chi connectivity index (χ4v) is 2.04. The molecule has 2 rings (SSSR count). The molecule has 0 radical (unpaired) electrons. The molecule has 1 amide bonds. The van der Waals surface area contributed by atoms with Crippen LogP contribution in [0.5, 0.6) is 0 Å². The second kappa shape index (κ2) is 3.03. The van der Waals surface area contributed by atoms with Crippen molar-refractivity contribution in [2.75, 3.05) is 26.3 Å². The van der Waals surface area contributed by atoms with E-state index in [2.05, 4.69) is 5.32 Å². The number of hydrogen-bond acceptors (Lipinski definition) is 3. The predicted octanol–water partition coefficient (Wildman–Crippen LogP) is -0.794. The van der Waals surface area contributed by atoms with Gasteiger partial charge in [0.25, 0.3) is 0 Å². The molecule has 4 nitrogen and oxygen atoms in total. The Balaban J connectivity index is 2.13. The summed E-state index contributed by atoms with van der Waals surface area (Å²) in [5.74, 6) is 0.176. The lowest BCUT2D eigenvalue weighted by molar-refractivity contribution is -0.146. The number of ether oxygens (including phenoxy) is 1. The van der Waals surface area contributed by atoms with E-state index < -0.39 is 0 Å². The standard InChI is InChI=1S/C8H14N2O2/c1-6(11)10-7-2-9-3-8(10)5-12-4-7/h7-9H,2-5H2,1H3. The first-order valence-electron chi connectivity index (χ1n) is 4.36. The highest BCUT2D eigenvalue weighted by molar-refractivity contribution is 5.74. The molecule has 0 aromatic heterocycles. The molecule has 12 heavy (non-hydrogen) atoms. The highest BCUT2D eigenvalue weighted by Crippen LogP contribution is 2.16. The summed E-state index contributed by atoms with van der Waals surface area (Å²) in [6.45, 7) is 4.75. The number of nitrogens with one attached hydrogen (secondary N) is 1. The largest absolute Gasteiger partial charge is 0.377 e. The van der Waals surface area contributed by atoms with Crippen molar-refractivity contribution < 1.29 is 9.53 Å². The van der Waals surface area contributed by atoms with Gasteiger partial charge in [0.1, 0.15) is 0 Å². The van der Waals surface area contributed by atoms with E-state index >= 15 is 0 Å². The van der Waals surface area contributed by atoms with Crippen molar-refractivity contribution in [3.8, 4) is 0 Å². The van der Waals surface area contributed by atoms with E-state index in [9.17, 15) is 4.79 Å². The summed E-state index contributed by atoms with van der Waals surface area (Å²) < 4.78 is 5.38. The molecule has 2 aliphatic heterocycles. The monoisotopic (exact) mass is 170 g/mol. The number of hydrogen-bond donors (Lipinski definition) is 1. The zero-order valence-electron chi connectivity index (χ0n) is 7.25. The molecular weight excluding hydrogens is 156 g/mol. The van der Waals surface area contributed by atoms with Crippen LogP contribution >= 0.6 is 0 Å². The minimum Gasteiger partial charge on any atom is -0.377 e. The molecule has 2 bridgehead atoms. The lowest BCUT2D eigenvalue weighted by Gasteiger charge is -2.45. The maximum atomic E-state index is 11.3. The van der Waals surface area contributed by atoms with Gasteiger partial charge in [-0.15, -0.1) is 0 Å². The van der Waals surface area contributed by atoms with Crippen LogP contribution < -0.4 is 5.32 Å². The van der Waals surface area contributed by atoms with Gasteiger partial charge >= 0.3 is 0 Å². The Kier molecular flexibility index (Phi) is 2.02. The van der Waals surface area contributed by atoms with Crippen molar-refractivity contribution >= 4 is 5.91 Å². The third kappa shape index (κ3) is 1.21. The zero-order valence-corrected chi connectivity index (χ0v) is 7.25. The van der Waals surface area contributed by atoms with Crippen molar-refractivity contribution in [1.29, 1.82) is 0 Å². The number of fused-ring (bicyclic) bond motifs is 2. The minimum absolute atomic E-state index is 0.176. The highest BCUT2D eigenvalue weighted by atomic mass is 16.5. The first-order valence-corrected chi connectivity index (χ1v) is 4.36. The average molecular weight is 170 g/mol. The van der Waals surface area contributed by atoms with Gasteiger partial charge in [-0.05, 0) is 0 Å². The Morgan fingerprint density at radius 3 is 2.42 bits per heavy atom. The second-order valence-electron chi connectivity index (χ2n) is 3.43. The molecule has 0 aliphatic carbocycles. The number of nitrogens with zero attached hydrogens (tertiary/aromatic N) is 1. The van der Waals surface area contributed by atoms with Crippen LogP contribution in [-0.4, -0.2) is 49.2 Å². The van der Waals surface area contributed by atoms with Gasteiger partial charge in [0.2, 0.25) is 5.91 Å². The van der Waals surface area contributed by atoms with Crippen LogP contribution in [0.15, 0.2) is 0 Å². The number of rotatable bonds is 0. The SMILES string of the molecule is CC(=O)N1C2CNCC1COC2. The van der Waals surface area contributed by atoms with E-state index in [0.717, 1.165) is 13.1 Å². The van der Waals surface area contributed by atoms with E-state index in [1.807, 2.05) is 4.90 Å². The number of morpholine rings is 1. The summed E-state index contributed by atoms with van der Waals surface area (Å²) in [4.78, 5) is 13.2. The molecule has 2 heterocycles. The number of amides is 1. The lowest BCUT2D eigenvalue weighted by atomic mass is 10.1. The minimum atomic E-state index is 0.176. The first-order chi connectivity index (χ1) is 5.79. The Morgan fingerprint density at radius 1 is 1.42 bits per heavy atom. The first kappa shape index (κ1) is 8.01. The van der Waals surface area contributed by atoms with Gasteiger partial charge in [-0.3, -0.25) is 4.79 Å². The van der Waals surface area contributed by atoms with Crippen LogP contribution in [0.1, 0.15) is 6.92 Å². The summed E-state index contributed by atoms with van der Waals surface area (Å²) in [5, 5.41) is 3.30. The Morgan fingerprint density at radius 2 is 2.00 bits per heavy atom. The van der Waals surface area contributed by atoms with Gasteiger partial charge in [-0.1, -0.05) is 0 Å². The molecule has 2 fully saturated rings. The Hall–Kier alpha value is -0.610. The maximum absolute atomic E-state index is 11.3. The molecule has 2 saturated heterocycles. The Labute approximate surface area is 71.9 Å². The van der Waals surface area contributed by atoms with Crippen molar-refractivity contribution in [1.82, 2.24) is 10.2 Å². The van der Waals surface area contributed by atoms with Crippen LogP contribution in [0.3, 0.4) is 0 Å². The molecule has 4 heteroatoms. The average Bonchev–Trinajstić information content (AvgIpc) is 2.02. The van der Waals surface area contributed by atoms with Crippen molar-refractivity contribution in [2.45, 2.75) is 19.0 Å². The van der Waals surface area contributed by atoms with Crippen molar-refractivity contribution in [2.24, 2.45) is 0 Å². The van der Waals surface area contributed by atoms with Crippen molar-refractivity contribution in [3.63, 3.8) is 0 Å². The van der Waals surface area contributed by atoms with Crippen LogP contribution in [0.4, 0.5) is 0 Å². The summed E-state index contributed by atoms with van der Waals surface area (Å²) >= 11 is 0. The zero-order chi connectivity index (χ0) is 8.55. The number of carbonyl (C=O) groups excluding carboxylic acids is 1. The maximum Gasteiger partial charge on any atom is 0.220 e. The van der Waals surface area contributed by atoms with Gasteiger partial charge in [-0.2, -0.15) is 0 Å². The molecule has 0 spiro atoms. The smallest absolute Gasteiger partial charge is 0.220 e. The lowest BCUT2D eigenvalue weighted by Crippen LogP contribution is -2.64.